The minimum Gasteiger partial charge on any atom is -0.508 e. The number of carbonyl (C=O) groups excluding carboxylic acids is 1. The summed E-state index contributed by atoms with van der Waals surface area (Å²) in [7, 11) is 0. The molecule has 1 amide bonds. The molecule has 0 bridgehead atoms. The van der Waals surface area contributed by atoms with Crippen molar-refractivity contribution in [2.75, 3.05) is 13.2 Å². The van der Waals surface area contributed by atoms with E-state index in [2.05, 4.69) is 6.92 Å². The van der Waals surface area contributed by atoms with Gasteiger partial charge in [-0.05, 0) is 49.9 Å². The van der Waals surface area contributed by atoms with Crippen molar-refractivity contribution in [3.05, 3.63) is 35.0 Å². The summed E-state index contributed by atoms with van der Waals surface area (Å²) < 4.78 is 5.13. The van der Waals surface area contributed by atoms with Gasteiger partial charge in [-0.25, -0.2) is 4.79 Å². The van der Waals surface area contributed by atoms with Crippen LogP contribution in [0.2, 0.25) is 0 Å². The van der Waals surface area contributed by atoms with Crippen molar-refractivity contribution in [1.82, 2.24) is 9.88 Å². The van der Waals surface area contributed by atoms with Crippen molar-refractivity contribution < 1.29 is 14.6 Å². The highest BCUT2D eigenvalue weighted by atomic mass is 16.6. The lowest BCUT2D eigenvalue weighted by molar-refractivity contribution is 0.105. The summed E-state index contributed by atoms with van der Waals surface area (Å²) in [4.78, 5) is 18.5. The number of aryl methyl sites for hydroxylation is 2. The molecule has 22 heavy (non-hydrogen) atoms. The third-order valence-corrected chi connectivity index (χ3v) is 4.16. The highest BCUT2D eigenvalue weighted by molar-refractivity contribution is 5.85. The van der Waals surface area contributed by atoms with Gasteiger partial charge in [0.2, 0.25) is 0 Å². The summed E-state index contributed by atoms with van der Waals surface area (Å²) in [6.45, 7) is 5.46. The monoisotopic (exact) mass is 300 g/mol. The molecule has 5 nitrogen and oxygen atoms in total. The molecule has 2 aromatic rings. The second-order valence-electron chi connectivity index (χ2n) is 5.59. The Morgan fingerprint density at radius 1 is 1.45 bits per heavy atom. The molecule has 0 spiro atoms. The molecule has 0 fully saturated rings. The SMILES string of the molecule is CCOC(=O)N1CCCc2nc3cc(O)ccc3c(C)c2C1. The molecule has 0 saturated carbocycles. The second kappa shape index (κ2) is 5.83. The van der Waals surface area contributed by atoms with Gasteiger partial charge in [-0.15, -0.1) is 0 Å². The summed E-state index contributed by atoms with van der Waals surface area (Å²) in [5.74, 6) is 0.223. The Kier molecular flexibility index (Phi) is 3.88. The van der Waals surface area contributed by atoms with Crippen LogP contribution in [-0.2, 0) is 17.7 Å². The van der Waals surface area contributed by atoms with E-state index in [0.717, 1.165) is 40.6 Å². The minimum atomic E-state index is -0.263. The number of rotatable bonds is 1. The Bertz CT molecular complexity index is 727. The van der Waals surface area contributed by atoms with Crippen LogP contribution < -0.4 is 0 Å². The molecule has 116 valence electrons. The molecular weight excluding hydrogens is 280 g/mol. The third-order valence-electron chi connectivity index (χ3n) is 4.16. The number of phenols is 1. The molecule has 2 heterocycles. The average Bonchev–Trinajstić information content (AvgIpc) is 2.70. The maximum absolute atomic E-state index is 12.0. The highest BCUT2D eigenvalue weighted by Crippen LogP contribution is 2.29. The number of ether oxygens (including phenoxy) is 1. The first-order valence-corrected chi connectivity index (χ1v) is 7.63. The number of aromatic nitrogens is 1. The van der Waals surface area contributed by atoms with Crippen LogP contribution in [0.5, 0.6) is 5.75 Å². The molecule has 0 atom stereocenters. The summed E-state index contributed by atoms with van der Waals surface area (Å²) in [6, 6.07) is 5.24. The number of fused-ring (bicyclic) bond motifs is 2. The van der Waals surface area contributed by atoms with Crippen LogP contribution >= 0.6 is 0 Å². The van der Waals surface area contributed by atoms with Gasteiger partial charge in [0, 0.05) is 23.7 Å². The quantitative estimate of drug-likeness (QED) is 0.878. The summed E-state index contributed by atoms with van der Waals surface area (Å²) in [5.41, 5.74) is 4.04. The van der Waals surface area contributed by atoms with Crippen LogP contribution in [0.4, 0.5) is 4.79 Å². The fourth-order valence-electron chi connectivity index (χ4n) is 3.02. The molecular formula is C17H20N2O3. The van der Waals surface area contributed by atoms with Gasteiger partial charge < -0.3 is 14.7 Å². The van der Waals surface area contributed by atoms with Gasteiger partial charge in [-0.3, -0.25) is 4.98 Å². The topological polar surface area (TPSA) is 62.7 Å². The molecule has 0 unspecified atom stereocenters. The molecule has 1 aliphatic heterocycles. The maximum atomic E-state index is 12.0. The van der Waals surface area contributed by atoms with Crippen molar-refractivity contribution in [2.45, 2.75) is 33.2 Å². The number of phenolic OH excluding ortho intramolecular Hbond substituents is 1. The van der Waals surface area contributed by atoms with Crippen LogP contribution in [0.1, 0.15) is 30.2 Å². The minimum absolute atomic E-state index is 0.223. The Morgan fingerprint density at radius 2 is 2.27 bits per heavy atom. The molecule has 0 aliphatic carbocycles. The summed E-state index contributed by atoms with van der Waals surface area (Å²) in [5, 5.41) is 10.7. The van der Waals surface area contributed by atoms with E-state index in [9.17, 15) is 9.90 Å². The zero-order valence-corrected chi connectivity index (χ0v) is 12.9. The smallest absolute Gasteiger partial charge is 0.410 e. The zero-order valence-electron chi connectivity index (χ0n) is 12.9. The van der Waals surface area contributed by atoms with Gasteiger partial charge in [0.1, 0.15) is 5.75 Å². The van der Waals surface area contributed by atoms with Gasteiger partial charge in [-0.1, -0.05) is 0 Å². The number of benzene rings is 1. The summed E-state index contributed by atoms with van der Waals surface area (Å²) >= 11 is 0. The second-order valence-corrected chi connectivity index (χ2v) is 5.59. The number of nitrogens with zero attached hydrogens (tertiary/aromatic N) is 2. The Hall–Kier alpha value is -2.30. The van der Waals surface area contributed by atoms with Crippen molar-refractivity contribution in [2.24, 2.45) is 0 Å². The van der Waals surface area contributed by atoms with Gasteiger partial charge in [0.25, 0.3) is 0 Å². The first kappa shape index (κ1) is 14.6. The van der Waals surface area contributed by atoms with E-state index in [4.69, 9.17) is 9.72 Å². The van der Waals surface area contributed by atoms with E-state index in [-0.39, 0.29) is 11.8 Å². The van der Waals surface area contributed by atoms with E-state index in [1.54, 1.807) is 17.0 Å². The highest BCUT2D eigenvalue weighted by Gasteiger charge is 2.23. The van der Waals surface area contributed by atoms with Crippen LogP contribution in [-0.4, -0.2) is 34.2 Å². The third kappa shape index (κ3) is 2.58. The predicted molar refractivity (Wildman–Crippen MR) is 83.9 cm³/mol. The van der Waals surface area contributed by atoms with Crippen molar-refractivity contribution in [1.29, 1.82) is 0 Å². The van der Waals surface area contributed by atoms with Crippen molar-refractivity contribution in [3.63, 3.8) is 0 Å². The first-order valence-electron chi connectivity index (χ1n) is 7.63. The van der Waals surface area contributed by atoms with Crippen molar-refractivity contribution >= 4 is 17.0 Å². The van der Waals surface area contributed by atoms with Gasteiger partial charge in [-0.2, -0.15) is 0 Å². The number of amides is 1. The molecule has 0 radical (unpaired) electrons. The fraction of sp³-hybridized carbons (Fsp3) is 0.412. The van der Waals surface area contributed by atoms with E-state index < -0.39 is 0 Å². The number of hydrogen-bond acceptors (Lipinski definition) is 4. The van der Waals surface area contributed by atoms with Crippen LogP contribution in [0.3, 0.4) is 0 Å². The van der Waals surface area contributed by atoms with Gasteiger partial charge in [0.15, 0.2) is 0 Å². The largest absolute Gasteiger partial charge is 0.508 e. The van der Waals surface area contributed by atoms with Gasteiger partial charge in [0.05, 0.1) is 18.7 Å². The molecule has 3 rings (SSSR count). The normalized spacial score (nSPS) is 14.5. The average molecular weight is 300 g/mol. The molecule has 1 aromatic carbocycles. The summed E-state index contributed by atoms with van der Waals surface area (Å²) in [6.07, 6.45) is 1.43. The van der Waals surface area contributed by atoms with Crippen LogP contribution in [0.15, 0.2) is 18.2 Å². The van der Waals surface area contributed by atoms with E-state index in [0.29, 0.717) is 19.7 Å². The number of pyridine rings is 1. The van der Waals surface area contributed by atoms with Crippen LogP contribution in [0, 0.1) is 6.92 Å². The molecule has 1 N–H and O–H groups in total. The fourth-order valence-corrected chi connectivity index (χ4v) is 3.02. The Morgan fingerprint density at radius 3 is 3.05 bits per heavy atom. The van der Waals surface area contributed by atoms with E-state index in [1.807, 2.05) is 13.0 Å². The molecule has 5 heteroatoms. The van der Waals surface area contributed by atoms with Crippen molar-refractivity contribution in [3.8, 4) is 5.75 Å². The van der Waals surface area contributed by atoms with Gasteiger partial charge >= 0.3 is 6.09 Å². The van der Waals surface area contributed by atoms with E-state index in [1.165, 1.54) is 0 Å². The first-order chi connectivity index (χ1) is 10.6. The lowest BCUT2D eigenvalue weighted by atomic mass is 10.00. The standard InChI is InChI=1S/C17H20N2O3/c1-3-22-17(21)19-8-4-5-15-14(10-19)11(2)13-7-6-12(20)9-16(13)18-15/h6-7,9,20H,3-5,8,10H2,1-2H3. The lowest BCUT2D eigenvalue weighted by Gasteiger charge is -2.21. The molecule has 0 saturated heterocycles. The van der Waals surface area contributed by atoms with Crippen LogP contribution in [0.25, 0.3) is 10.9 Å². The lowest BCUT2D eigenvalue weighted by Crippen LogP contribution is -2.31. The molecule has 1 aromatic heterocycles. The number of aromatic hydroxyl groups is 1. The molecule has 1 aliphatic rings. The van der Waals surface area contributed by atoms with E-state index >= 15 is 0 Å². The zero-order chi connectivity index (χ0) is 15.7. The Labute approximate surface area is 129 Å². The maximum Gasteiger partial charge on any atom is 0.410 e. The predicted octanol–water partition coefficient (Wildman–Crippen LogP) is 3.15. The number of hydrogen-bond donors (Lipinski definition) is 1. The number of carbonyl (C=O) groups is 1. The Balaban J connectivity index is 2.05.